The van der Waals surface area contributed by atoms with Crippen molar-refractivity contribution < 1.29 is 0 Å². The molecule has 0 spiro atoms. The van der Waals surface area contributed by atoms with Gasteiger partial charge in [0.2, 0.25) is 5.95 Å². The molecule has 0 saturated carbocycles. The Hall–Kier alpha value is -1.36. The standard InChI is InChI=1S/C13H21N5/c1-17(2)13-14-7-5-12(16-13)18-8-6-10-3-4-11(9-18)15-10/h5,7,10-11,15H,3-4,6,8-9H2,1-2H3. The summed E-state index contributed by atoms with van der Waals surface area (Å²) in [6, 6.07) is 3.37. The Kier molecular flexibility index (Phi) is 3.07. The number of nitrogens with one attached hydrogen (secondary N) is 1. The van der Waals surface area contributed by atoms with Gasteiger partial charge in [-0.2, -0.15) is 4.98 Å². The molecule has 3 heterocycles. The minimum absolute atomic E-state index is 0.635. The molecule has 18 heavy (non-hydrogen) atoms. The highest BCUT2D eigenvalue weighted by Gasteiger charge is 2.29. The molecule has 2 bridgehead atoms. The van der Waals surface area contributed by atoms with Gasteiger partial charge in [0.05, 0.1) is 0 Å². The highest BCUT2D eigenvalue weighted by atomic mass is 15.3. The lowest BCUT2D eigenvalue weighted by Crippen LogP contribution is -2.35. The van der Waals surface area contributed by atoms with Crippen molar-refractivity contribution in [1.29, 1.82) is 0 Å². The molecule has 2 atom stereocenters. The van der Waals surface area contributed by atoms with Crippen LogP contribution in [0.4, 0.5) is 11.8 Å². The number of rotatable bonds is 2. The lowest BCUT2D eigenvalue weighted by Gasteiger charge is -2.25. The van der Waals surface area contributed by atoms with Gasteiger partial charge < -0.3 is 15.1 Å². The summed E-state index contributed by atoms with van der Waals surface area (Å²) in [5.74, 6) is 1.85. The first kappa shape index (κ1) is 11.7. The summed E-state index contributed by atoms with van der Waals surface area (Å²) >= 11 is 0. The molecule has 2 unspecified atom stereocenters. The quantitative estimate of drug-likeness (QED) is 0.840. The Bertz CT molecular complexity index is 420. The SMILES string of the molecule is CN(C)c1nccc(N2CCC3CCC(C2)N3)n1. The fraction of sp³-hybridized carbons (Fsp3) is 0.692. The lowest BCUT2D eigenvalue weighted by molar-refractivity contribution is 0.563. The zero-order valence-corrected chi connectivity index (χ0v) is 11.1. The maximum Gasteiger partial charge on any atom is 0.226 e. The van der Waals surface area contributed by atoms with Crippen molar-refractivity contribution in [2.24, 2.45) is 0 Å². The topological polar surface area (TPSA) is 44.3 Å². The second kappa shape index (κ2) is 4.72. The van der Waals surface area contributed by atoms with E-state index in [0.29, 0.717) is 6.04 Å². The van der Waals surface area contributed by atoms with Gasteiger partial charge in [-0.15, -0.1) is 0 Å². The van der Waals surface area contributed by atoms with Crippen LogP contribution in [0.25, 0.3) is 0 Å². The van der Waals surface area contributed by atoms with Gasteiger partial charge in [-0.05, 0) is 25.3 Å². The van der Waals surface area contributed by atoms with Gasteiger partial charge >= 0.3 is 0 Å². The van der Waals surface area contributed by atoms with E-state index < -0.39 is 0 Å². The first-order valence-corrected chi connectivity index (χ1v) is 6.74. The largest absolute Gasteiger partial charge is 0.355 e. The van der Waals surface area contributed by atoms with E-state index in [9.17, 15) is 0 Å². The highest BCUT2D eigenvalue weighted by Crippen LogP contribution is 2.23. The summed E-state index contributed by atoms with van der Waals surface area (Å²) in [5.41, 5.74) is 0. The number of hydrogen-bond acceptors (Lipinski definition) is 5. The minimum Gasteiger partial charge on any atom is -0.355 e. The highest BCUT2D eigenvalue weighted by molar-refractivity contribution is 5.43. The van der Waals surface area contributed by atoms with E-state index in [1.807, 2.05) is 31.3 Å². The fourth-order valence-corrected chi connectivity index (χ4v) is 2.88. The normalized spacial score (nSPS) is 27.1. The molecule has 0 aromatic carbocycles. The van der Waals surface area contributed by atoms with E-state index in [-0.39, 0.29) is 0 Å². The van der Waals surface area contributed by atoms with E-state index in [1.54, 1.807) is 0 Å². The van der Waals surface area contributed by atoms with Gasteiger partial charge in [-0.3, -0.25) is 0 Å². The van der Waals surface area contributed by atoms with Crippen molar-refractivity contribution in [3.05, 3.63) is 12.3 Å². The van der Waals surface area contributed by atoms with Crippen LogP contribution in [0.15, 0.2) is 12.3 Å². The van der Waals surface area contributed by atoms with Crippen molar-refractivity contribution in [2.75, 3.05) is 37.0 Å². The first-order chi connectivity index (χ1) is 8.72. The summed E-state index contributed by atoms with van der Waals surface area (Å²) in [7, 11) is 3.95. The first-order valence-electron chi connectivity index (χ1n) is 6.74. The Morgan fingerprint density at radius 3 is 2.94 bits per heavy atom. The lowest BCUT2D eigenvalue weighted by atomic mass is 10.1. The summed E-state index contributed by atoms with van der Waals surface area (Å²) in [4.78, 5) is 13.3. The average Bonchev–Trinajstić information content (AvgIpc) is 2.69. The zero-order chi connectivity index (χ0) is 12.5. The maximum absolute atomic E-state index is 4.63. The molecular weight excluding hydrogens is 226 g/mol. The van der Waals surface area contributed by atoms with Crippen molar-refractivity contribution in [2.45, 2.75) is 31.3 Å². The monoisotopic (exact) mass is 247 g/mol. The van der Waals surface area contributed by atoms with Gasteiger partial charge in [-0.1, -0.05) is 0 Å². The summed E-state index contributed by atoms with van der Waals surface area (Å²) in [6.45, 7) is 2.17. The average molecular weight is 247 g/mol. The van der Waals surface area contributed by atoms with Crippen LogP contribution in [0.2, 0.25) is 0 Å². The van der Waals surface area contributed by atoms with Crippen LogP contribution >= 0.6 is 0 Å². The minimum atomic E-state index is 0.635. The van der Waals surface area contributed by atoms with Crippen LogP contribution in [0.3, 0.4) is 0 Å². The molecule has 5 nitrogen and oxygen atoms in total. The molecule has 3 rings (SSSR count). The Labute approximate surface area is 108 Å². The van der Waals surface area contributed by atoms with E-state index in [1.165, 1.54) is 19.3 Å². The van der Waals surface area contributed by atoms with Gasteiger partial charge in [0, 0.05) is 45.5 Å². The molecule has 0 aliphatic carbocycles. The van der Waals surface area contributed by atoms with E-state index in [0.717, 1.165) is 30.9 Å². The molecule has 0 radical (unpaired) electrons. The van der Waals surface area contributed by atoms with E-state index in [2.05, 4.69) is 20.2 Å². The predicted octanol–water partition coefficient (Wildman–Crippen LogP) is 0.873. The molecule has 5 heteroatoms. The van der Waals surface area contributed by atoms with Crippen LogP contribution in [0, 0.1) is 0 Å². The second-order valence-corrected chi connectivity index (χ2v) is 5.48. The molecule has 2 fully saturated rings. The second-order valence-electron chi connectivity index (χ2n) is 5.48. The molecule has 2 aliphatic heterocycles. The smallest absolute Gasteiger partial charge is 0.226 e. The molecule has 2 aliphatic rings. The van der Waals surface area contributed by atoms with E-state index >= 15 is 0 Å². The third-order valence-corrected chi connectivity index (χ3v) is 3.88. The van der Waals surface area contributed by atoms with Gasteiger partial charge in [0.1, 0.15) is 5.82 Å². The third kappa shape index (κ3) is 2.27. The zero-order valence-electron chi connectivity index (χ0n) is 11.1. The number of hydrogen-bond donors (Lipinski definition) is 1. The summed E-state index contributed by atoms with van der Waals surface area (Å²) in [5, 5.41) is 3.69. The Morgan fingerprint density at radius 2 is 2.11 bits per heavy atom. The van der Waals surface area contributed by atoms with Crippen LogP contribution in [-0.4, -0.2) is 49.2 Å². The molecule has 2 saturated heterocycles. The van der Waals surface area contributed by atoms with Crippen LogP contribution in [0.1, 0.15) is 19.3 Å². The number of nitrogens with zero attached hydrogens (tertiary/aromatic N) is 4. The predicted molar refractivity (Wildman–Crippen MR) is 73.1 cm³/mol. The summed E-state index contributed by atoms with van der Waals surface area (Å²) in [6.07, 6.45) is 5.71. The van der Waals surface area contributed by atoms with Gasteiger partial charge in [-0.25, -0.2) is 4.98 Å². The number of anilines is 2. The van der Waals surface area contributed by atoms with Crippen molar-refractivity contribution >= 4 is 11.8 Å². The van der Waals surface area contributed by atoms with Gasteiger partial charge in [0.25, 0.3) is 0 Å². The maximum atomic E-state index is 4.63. The summed E-state index contributed by atoms with van der Waals surface area (Å²) < 4.78 is 0. The fourth-order valence-electron chi connectivity index (χ4n) is 2.88. The van der Waals surface area contributed by atoms with Crippen LogP contribution in [-0.2, 0) is 0 Å². The molecular formula is C13H21N5. The van der Waals surface area contributed by atoms with Crippen molar-refractivity contribution in [3.63, 3.8) is 0 Å². The van der Waals surface area contributed by atoms with Crippen molar-refractivity contribution in [1.82, 2.24) is 15.3 Å². The van der Waals surface area contributed by atoms with E-state index in [4.69, 9.17) is 0 Å². The molecule has 0 amide bonds. The molecule has 1 N–H and O–H groups in total. The van der Waals surface area contributed by atoms with Crippen LogP contribution in [0.5, 0.6) is 0 Å². The number of aromatic nitrogens is 2. The molecule has 1 aromatic heterocycles. The molecule has 98 valence electrons. The third-order valence-electron chi connectivity index (χ3n) is 3.88. The Balaban J connectivity index is 1.79. The van der Waals surface area contributed by atoms with Gasteiger partial charge in [0.15, 0.2) is 0 Å². The Morgan fingerprint density at radius 1 is 1.28 bits per heavy atom. The van der Waals surface area contributed by atoms with Crippen molar-refractivity contribution in [3.8, 4) is 0 Å². The number of fused-ring (bicyclic) bond motifs is 2. The molecule has 1 aromatic rings. The van der Waals surface area contributed by atoms with Crippen LogP contribution < -0.4 is 15.1 Å².